The van der Waals surface area contributed by atoms with Crippen LogP contribution in [0.1, 0.15) is 44.7 Å². The van der Waals surface area contributed by atoms with Gasteiger partial charge in [-0.05, 0) is 51.1 Å². The summed E-state index contributed by atoms with van der Waals surface area (Å²) in [5, 5.41) is 31.4. The summed E-state index contributed by atoms with van der Waals surface area (Å²) >= 11 is 0. The molecule has 11 heteroatoms. The number of carbonyl (C=O) groups is 3. The molecule has 0 radical (unpaired) electrons. The Labute approximate surface area is 208 Å². The Morgan fingerprint density at radius 3 is 2.72 bits per heavy atom. The van der Waals surface area contributed by atoms with Gasteiger partial charge in [-0.15, -0.1) is 0 Å². The van der Waals surface area contributed by atoms with Crippen molar-refractivity contribution >= 4 is 17.9 Å². The van der Waals surface area contributed by atoms with Gasteiger partial charge in [0.2, 0.25) is 0 Å². The molecular formula is C25H32N2O9. The molecule has 1 fully saturated rings. The average Bonchev–Trinajstić information content (AvgIpc) is 3.15. The van der Waals surface area contributed by atoms with Gasteiger partial charge in [-0.25, -0.2) is 4.79 Å². The molecular weight excluding hydrogens is 472 g/mol. The third kappa shape index (κ3) is 3.48. The zero-order chi connectivity index (χ0) is 25.3. The third-order valence-electron chi connectivity index (χ3n) is 7.89. The minimum absolute atomic E-state index is 0. The molecule has 5 rings (SSSR count). The summed E-state index contributed by atoms with van der Waals surface area (Å²) < 4.78 is 16.8. The number of aromatic hydroxyl groups is 1. The smallest absolute Gasteiger partial charge is 0.352 e. The van der Waals surface area contributed by atoms with Gasteiger partial charge in [0.05, 0.1) is 17.4 Å². The number of likely N-dealkylation sites (tertiary alicyclic amines) is 1. The predicted octanol–water partition coefficient (Wildman–Crippen LogP) is 0.583. The number of ether oxygens (including phenoxy) is 3. The van der Waals surface area contributed by atoms with Crippen molar-refractivity contribution in [1.29, 1.82) is 0 Å². The highest BCUT2D eigenvalue weighted by molar-refractivity contribution is 5.85. The molecule has 2 aliphatic carbocycles. The summed E-state index contributed by atoms with van der Waals surface area (Å²) in [5.74, 6) is -2.79. The first-order valence-electron chi connectivity index (χ1n) is 11.5. The predicted molar refractivity (Wildman–Crippen MR) is 125 cm³/mol. The molecule has 36 heavy (non-hydrogen) atoms. The van der Waals surface area contributed by atoms with Gasteiger partial charge in [-0.1, -0.05) is 13.5 Å². The molecule has 11 nitrogen and oxygen atoms in total. The number of nitrogens with zero attached hydrogens (tertiary/aromatic N) is 1. The van der Waals surface area contributed by atoms with Crippen molar-refractivity contribution in [2.24, 2.45) is 5.73 Å². The Hall–Kier alpha value is -3.15. The van der Waals surface area contributed by atoms with Crippen molar-refractivity contribution in [3.8, 4) is 11.5 Å². The lowest BCUT2D eigenvalue weighted by molar-refractivity contribution is -0.176. The van der Waals surface area contributed by atoms with Gasteiger partial charge in [-0.3, -0.25) is 9.59 Å². The van der Waals surface area contributed by atoms with E-state index in [9.17, 15) is 24.6 Å². The zero-order valence-electron chi connectivity index (χ0n) is 19.4. The number of carbonyl (C=O) groups excluding carboxylic acids is 2. The molecule has 4 aliphatic rings. The molecule has 1 saturated heterocycles. The van der Waals surface area contributed by atoms with Crippen LogP contribution in [0.5, 0.6) is 11.5 Å². The van der Waals surface area contributed by atoms with Gasteiger partial charge < -0.3 is 40.2 Å². The number of likely N-dealkylation sites (N-methyl/N-ethyl adjacent to an activating group) is 1. The molecule has 0 saturated carbocycles. The number of phenols is 1. The Morgan fingerprint density at radius 2 is 2.03 bits per heavy atom. The highest BCUT2D eigenvalue weighted by Crippen LogP contribution is 2.65. The first-order valence-corrected chi connectivity index (χ1v) is 11.5. The van der Waals surface area contributed by atoms with Gasteiger partial charge in [0, 0.05) is 18.0 Å². The number of piperidine rings is 1. The largest absolute Gasteiger partial charge is 0.504 e. The SMILES string of the molecule is C.C[C@H](OC(=O)[C@@H](N)CC(=O)O)C(=O)OC1=CC[C@@]2(O)[C@H]3Cc4ccc(O)c5c4[C@@]2(CCN3C)[C@H]1O5. The number of esters is 2. The summed E-state index contributed by atoms with van der Waals surface area (Å²) in [6.07, 6.45) is 0.0885. The molecule has 5 N–H and O–H groups in total. The number of aliphatic hydroxyl groups is 1. The maximum Gasteiger partial charge on any atom is 0.352 e. The van der Waals surface area contributed by atoms with Crippen LogP contribution >= 0.6 is 0 Å². The summed E-state index contributed by atoms with van der Waals surface area (Å²) in [6.45, 7) is 1.98. The third-order valence-corrected chi connectivity index (χ3v) is 7.89. The Kier molecular flexibility index (Phi) is 6.30. The highest BCUT2D eigenvalue weighted by atomic mass is 16.6. The minimum Gasteiger partial charge on any atom is -0.504 e. The van der Waals surface area contributed by atoms with Crippen LogP contribution in [0.4, 0.5) is 0 Å². The number of rotatable bonds is 6. The molecule has 1 aromatic carbocycles. The lowest BCUT2D eigenvalue weighted by atomic mass is 9.50. The molecule has 6 atom stereocenters. The Balaban J connectivity index is 0.00000304. The van der Waals surface area contributed by atoms with Gasteiger partial charge in [0.1, 0.15) is 11.8 Å². The number of carboxylic acids is 1. The molecule has 0 amide bonds. The highest BCUT2D eigenvalue weighted by Gasteiger charge is 2.72. The van der Waals surface area contributed by atoms with Crippen molar-refractivity contribution in [2.75, 3.05) is 13.6 Å². The first-order chi connectivity index (χ1) is 16.5. The summed E-state index contributed by atoms with van der Waals surface area (Å²) in [7, 11) is 1.97. The van der Waals surface area contributed by atoms with E-state index < -0.39 is 53.6 Å². The van der Waals surface area contributed by atoms with Gasteiger partial charge in [0.15, 0.2) is 23.7 Å². The van der Waals surface area contributed by atoms with Crippen LogP contribution in [0.2, 0.25) is 0 Å². The lowest BCUT2D eigenvalue weighted by Gasteiger charge is -2.61. The second kappa shape index (κ2) is 8.75. The van der Waals surface area contributed by atoms with Gasteiger partial charge in [0.25, 0.3) is 0 Å². The van der Waals surface area contributed by atoms with Crippen molar-refractivity contribution in [1.82, 2.24) is 4.90 Å². The number of hydrogen-bond donors (Lipinski definition) is 4. The molecule has 2 heterocycles. The standard InChI is InChI=1S/C24H28N2O9.CH4/c1-11(33-22(31)13(25)10-17(28)29)21(30)34-15-5-6-24(32)16-9-12-3-4-14(27)19-18(12)23(24,20(15)35-19)7-8-26(16)2;/h3-5,11,13,16,20,27,32H,6-10,25H2,1-2H3,(H,28,29);1H4/t11-,13-,16+,20-,23-,24+;/m0./s1. The van der Waals surface area contributed by atoms with Crippen LogP contribution in [0, 0.1) is 0 Å². The fourth-order valence-electron chi connectivity index (χ4n) is 6.22. The molecule has 2 aliphatic heterocycles. The van der Waals surface area contributed by atoms with E-state index in [2.05, 4.69) is 4.90 Å². The van der Waals surface area contributed by atoms with Crippen molar-refractivity contribution in [3.63, 3.8) is 0 Å². The van der Waals surface area contributed by atoms with E-state index in [1.165, 1.54) is 6.92 Å². The maximum absolute atomic E-state index is 12.8. The van der Waals surface area contributed by atoms with E-state index in [0.717, 1.165) is 11.1 Å². The van der Waals surface area contributed by atoms with Crippen molar-refractivity contribution in [3.05, 3.63) is 35.1 Å². The van der Waals surface area contributed by atoms with E-state index in [1.807, 2.05) is 13.1 Å². The fourth-order valence-corrected chi connectivity index (χ4v) is 6.22. The Bertz CT molecular complexity index is 1150. The van der Waals surface area contributed by atoms with Crippen LogP contribution in [0.15, 0.2) is 24.0 Å². The fraction of sp³-hybridized carbons (Fsp3) is 0.560. The van der Waals surface area contributed by atoms with E-state index in [4.69, 9.17) is 25.1 Å². The summed E-state index contributed by atoms with van der Waals surface area (Å²) in [4.78, 5) is 37.7. The number of hydrogen-bond acceptors (Lipinski definition) is 10. The summed E-state index contributed by atoms with van der Waals surface area (Å²) in [5.41, 5.74) is 5.12. The molecule has 2 bridgehead atoms. The first kappa shape index (κ1) is 25.9. The van der Waals surface area contributed by atoms with E-state index >= 15 is 0 Å². The minimum atomic E-state index is -1.42. The number of phenolic OH excluding ortho intramolecular Hbond substituents is 1. The van der Waals surface area contributed by atoms with E-state index in [-0.39, 0.29) is 37.1 Å². The number of nitrogens with two attached hydrogens (primary N) is 1. The Morgan fingerprint density at radius 1 is 1.31 bits per heavy atom. The molecule has 1 aromatic rings. The number of carboxylic acid groups (broad SMARTS) is 1. The molecule has 1 spiro atoms. The topological polar surface area (TPSA) is 169 Å². The van der Waals surface area contributed by atoms with E-state index in [1.54, 1.807) is 12.1 Å². The number of aliphatic carboxylic acids is 1. The molecule has 196 valence electrons. The summed E-state index contributed by atoms with van der Waals surface area (Å²) in [6, 6.07) is 1.81. The molecule has 0 unspecified atom stereocenters. The lowest BCUT2D eigenvalue weighted by Crippen LogP contribution is -2.74. The van der Waals surface area contributed by atoms with Gasteiger partial charge in [-0.2, -0.15) is 0 Å². The van der Waals surface area contributed by atoms with Crippen LogP contribution in [-0.2, 0) is 35.7 Å². The quantitative estimate of drug-likeness (QED) is 0.400. The van der Waals surface area contributed by atoms with Crippen LogP contribution in [0.25, 0.3) is 0 Å². The second-order valence-electron chi connectivity index (χ2n) is 9.81. The van der Waals surface area contributed by atoms with E-state index in [0.29, 0.717) is 19.4 Å². The van der Waals surface area contributed by atoms with Crippen molar-refractivity contribution in [2.45, 2.75) is 75.3 Å². The molecule has 0 aromatic heterocycles. The maximum atomic E-state index is 12.8. The van der Waals surface area contributed by atoms with Gasteiger partial charge >= 0.3 is 17.9 Å². The monoisotopic (exact) mass is 504 g/mol. The number of benzene rings is 1. The van der Waals surface area contributed by atoms with Crippen molar-refractivity contribution < 1.29 is 43.9 Å². The second-order valence-corrected chi connectivity index (χ2v) is 9.81. The van der Waals surface area contributed by atoms with Crippen LogP contribution in [-0.4, -0.2) is 81.6 Å². The average molecular weight is 505 g/mol. The van der Waals surface area contributed by atoms with Crippen LogP contribution in [0.3, 0.4) is 0 Å². The van der Waals surface area contributed by atoms with Crippen LogP contribution < -0.4 is 10.5 Å². The zero-order valence-corrected chi connectivity index (χ0v) is 19.4. The normalized spacial score (nSPS) is 31.1.